The van der Waals surface area contributed by atoms with Crippen LogP contribution in [0.15, 0.2) is 84.9 Å². The molecule has 8 heteroatoms. The van der Waals surface area contributed by atoms with Crippen molar-refractivity contribution in [3.8, 4) is 34.1 Å². The van der Waals surface area contributed by atoms with Gasteiger partial charge in [-0.25, -0.2) is 19.2 Å². The molecule has 0 fully saturated rings. The fourth-order valence-corrected chi connectivity index (χ4v) is 4.08. The lowest BCUT2D eigenvalue weighted by Gasteiger charge is -2.17. The number of hydrogen-bond donors (Lipinski definition) is 0. The largest absolute Gasteiger partial charge is 0.457 e. The summed E-state index contributed by atoms with van der Waals surface area (Å²) in [5.41, 5.74) is 2.02. The summed E-state index contributed by atoms with van der Waals surface area (Å²) >= 11 is 0. The SMILES string of the molecule is O=C1OC(=O)c2cc(Oc3cccc(Oc4ccc5c(c4)C(=O)OC5=O)c3-c3ccccc3)ccc21. The fraction of sp³-hybridized carbons (Fsp3) is 0. The zero-order chi connectivity index (χ0) is 24.8. The summed E-state index contributed by atoms with van der Waals surface area (Å²) in [5, 5.41) is 0. The molecule has 0 amide bonds. The van der Waals surface area contributed by atoms with E-state index in [4.69, 9.17) is 9.47 Å². The number of esters is 4. The number of cyclic esters (lactones) is 4. The van der Waals surface area contributed by atoms with E-state index in [0.29, 0.717) is 28.6 Å². The zero-order valence-corrected chi connectivity index (χ0v) is 18.3. The monoisotopic (exact) mass is 478 g/mol. The topological polar surface area (TPSA) is 105 Å². The van der Waals surface area contributed by atoms with Crippen molar-refractivity contribution in [2.75, 3.05) is 0 Å². The highest BCUT2D eigenvalue weighted by Crippen LogP contribution is 2.43. The Kier molecular flexibility index (Phi) is 4.86. The Hall–Kier alpha value is -5.24. The number of benzene rings is 4. The van der Waals surface area contributed by atoms with Gasteiger partial charge in [-0.2, -0.15) is 0 Å². The number of rotatable bonds is 5. The van der Waals surface area contributed by atoms with Crippen LogP contribution < -0.4 is 9.47 Å². The normalized spacial score (nSPS) is 13.7. The highest BCUT2D eigenvalue weighted by atomic mass is 16.6. The second-order valence-corrected chi connectivity index (χ2v) is 7.97. The van der Waals surface area contributed by atoms with Gasteiger partial charge in [0.1, 0.15) is 23.0 Å². The maximum absolute atomic E-state index is 12.0. The molecule has 0 bridgehead atoms. The number of carbonyl (C=O) groups excluding carboxylic acids is 4. The summed E-state index contributed by atoms with van der Waals surface area (Å²) in [6, 6.07) is 23.6. The van der Waals surface area contributed by atoms with Crippen molar-refractivity contribution in [3.05, 3.63) is 107 Å². The number of ether oxygens (including phenoxy) is 4. The predicted molar refractivity (Wildman–Crippen MR) is 124 cm³/mol. The van der Waals surface area contributed by atoms with E-state index in [1.807, 2.05) is 30.3 Å². The van der Waals surface area contributed by atoms with Gasteiger partial charge >= 0.3 is 23.9 Å². The quantitative estimate of drug-likeness (QED) is 0.271. The van der Waals surface area contributed by atoms with E-state index in [0.717, 1.165) is 5.56 Å². The van der Waals surface area contributed by atoms with Crippen molar-refractivity contribution in [1.82, 2.24) is 0 Å². The maximum atomic E-state index is 12.0. The molecule has 0 atom stereocenters. The smallest absolute Gasteiger partial charge is 0.347 e. The molecular formula is C28H14O8. The van der Waals surface area contributed by atoms with E-state index in [1.54, 1.807) is 30.3 Å². The second kappa shape index (κ2) is 8.21. The van der Waals surface area contributed by atoms with Gasteiger partial charge in [0, 0.05) is 0 Å². The van der Waals surface area contributed by atoms with E-state index >= 15 is 0 Å². The minimum Gasteiger partial charge on any atom is -0.457 e. The average molecular weight is 478 g/mol. The Morgan fingerprint density at radius 1 is 0.472 bits per heavy atom. The first-order chi connectivity index (χ1) is 17.5. The van der Waals surface area contributed by atoms with Crippen LogP contribution in [-0.4, -0.2) is 23.9 Å². The van der Waals surface area contributed by atoms with Gasteiger partial charge in [-0.1, -0.05) is 36.4 Å². The summed E-state index contributed by atoms with van der Waals surface area (Å²) in [7, 11) is 0. The highest BCUT2D eigenvalue weighted by molar-refractivity contribution is 6.15. The Balaban J connectivity index is 1.41. The molecule has 2 aliphatic rings. The van der Waals surface area contributed by atoms with Crippen molar-refractivity contribution in [1.29, 1.82) is 0 Å². The van der Waals surface area contributed by atoms with Crippen LogP contribution in [0.5, 0.6) is 23.0 Å². The molecule has 0 unspecified atom stereocenters. The van der Waals surface area contributed by atoms with Crippen molar-refractivity contribution in [3.63, 3.8) is 0 Å². The first-order valence-electron chi connectivity index (χ1n) is 10.8. The van der Waals surface area contributed by atoms with Crippen LogP contribution >= 0.6 is 0 Å². The Labute approximate surface area is 203 Å². The summed E-state index contributed by atoms with van der Waals surface area (Å²) in [4.78, 5) is 47.5. The fourth-order valence-electron chi connectivity index (χ4n) is 4.08. The van der Waals surface area contributed by atoms with E-state index < -0.39 is 23.9 Å². The lowest BCUT2D eigenvalue weighted by atomic mass is 10.0. The highest BCUT2D eigenvalue weighted by Gasteiger charge is 2.31. The van der Waals surface area contributed by atoms with Crippen molar-refractivity contribution >= 4 is 23.9 Å². The van der Waals surface area contributed by atoms with Crippen molar-refractivity contribution < 1.29 is 38.1 Å². The Morgan fingerprint density at radius 2 is 0.944 bits per heavy atom. The van der Waals surface area contributed by atoms with Crippen LogP contribution in [0.25, 0.3) is 11.1 Å². The first kappa shape index (κ1) is 21.3. The third-order valence-electron chi connectivity index (χ3n) is 5.74. The molecule has 8 nitrogen and oxygen atoms in total. The standard InChI is InChI=1S/C28H14O8/c29-25-18-11-9-16(13-20(18)27(31)35-25)33-22-7-4-8-23(24(22)15-5-2-1-3-6-15)34-17-10-12-19-21(14-17)28(32)36-26(19)30/h1-14H. The summed E-state index contributed by atoms with van der Waals surface area (Å²) in [6.45, 7) is 0. The molecule has 6 rings (SSSR count). The van der Waals surface area contributed by atoms with Crippen LogP contribution in [0, 0.1) is 0 Å². The van der Waals surface area contributed by atoms with Gasteiger partial charge in [-0.15, -0.1) is 0 Å². The molecule has 0 radical (unpaired) electrons. The molecule has 4 aromatic rings. The predicted octanol–water partition coefficient (Wildman–Crippen LogP) is 5.56. The lowest BCUT2D eigenvalue weighted by molar-refractivity contribution is 0.0425. The summed E-state index contributed by atoms with van der Waals surface area (Å²) in [6.07, 6.45) is 0. The molecule has 0 saturated heterocycles. The van der Waals surface area contributed by atoms with Gasteiger partial charge < -0.3 is 18.9 Å². The van der Waals surface area contributed by atoms with E-state index in [9.17, 15) is 19.2 Å². The van der Waals surface area contributed by atoms with Gasteiger partial charge in [0.2, 0.25) is 0 Å². The third kappa shape index (κ3) is 3.57. The lowest BCUT2D eigenvalue weighted by Crippen LogP contribution is -1.97. The molecule has 0 N–H and O–H groups in total. The van der Waals surface area contributed by atoms with Crippen molar-refractivity contribution in [2.45, 2.75) is 0 Å². The van der Waals surface area contributed by atoms with Crippen LogP contribution in [0.1, 0.15) is 41.4 Å². The molecule has 0 spiro atoms. The molecule has 2 heterocycles. The molecular weight excluding hydrogens is 464 g/mol. The number of carbonyl (C=O) groups is 4. The van der Waals surface area contributed by atoms with Gasteiger partial charge in [0.05, 0.1) is 27.8 Å². The molecule has 0 aliphatic carbocycles. The molecule has 36 heavy (non-hydrogen) atoms. The van der Waals surface area contributed by atoms with Crippen molar-refractivity contribution in [2.24, 2.45) is 0 Å². The molecule has 0 aromatic heterocycles. The zero-order valence-electron chi connectivity index (χ0n) is 18.3. The van der Waals surface area contributed by atoms with Crippen LogP contribution in [0.2, 0.25) is 0 Å². The first-order valence-corrected chi connectivity index (χ1v) is 10.8. The van der Waals surface area contributed by atoms with E-state index in [-0.39, 0.29) is 22.3 Å². The molecule has 174 valence electrons. The number of hydrogen-bond acceptors (Lipinski definition) is 8. The summed E-state index contributed by atoms with van der Waals surface area (Å²) in [5.74, 6) is -1.34. The minimum atomic E-state index is -0.727. The third-order valence-corrected chi connectivity index (χ3v) is 5.74. The average Bonchev–Trinajstić information content (AvgIpc) is 3.33. The van der Waals surface area contributed by atoms with Crippen LogP contribution in [0.3, 0.4) is 0 Å². The van der Waals surface area contributed by atoms with Crippen LogP contribution in [-0.2, 0) is 9.47 Å². The van der Waals surface area contributed by atoms with Gasteiger partial charge in [-0.05, 0) is 54.1 Å². The Bertz CT molecular complexity index is 1510. The summed E-state index contributed by atoms with van der Waals surface area (Å²) < 4.78 is 21.6. The second-order valence-electron chi connectivity index (χ2n) is 7.97. The van der Waals surface area contributed by atoms with Gasteiger partial charge in [0.25, 0.3) is 0 Å². The Morgan fingerprint density at radius 3 is 1.44 bits per heavy atom. The van der Waals surface area contributed by atoms with E-state index in [1.165, 1.54) is 24.3 Å². The molecule has 0 saturated carbocycles. The minimum absolute atomic E-state index is 0.130. The maximum Gasteiger partial charge on any atom is 0.347 e. The number of fused-ring (bicyclic) bond motifs is 2. The van der Waals surface area contributed by atoms with E-state index in [2.05, 4.69) is 9.47 Å². The molecule has 2 aliphatic heterocycles. The van der Waals surface area contributed by atoms with Gasteiger partial charge in [-0.3, -0.25) is 0 Å². The van der Waals surface area contributed by atoms with Gasteiger partial charge in [0.15, 0.2) is 0 Å². The van der Waals surface area contributed by atoms with Crippen LogP contribution in [0.4, 0.5) is 0 Å². The molecule has 4 aromatic carbocycles.